The number of hydrogen-bond donors (Lipinski definition) is 1. The quantitative estimate of drug-likeness (QED) is 0.774. The molecule has 2 N–H and O–H groups in total. The van der Waals surface area contributed by atoms with Crippen LogP contribution in [0.3, 0.4) is 0 Å². The van der Waals surface area contributed by atoms with Gasteiger partial charge in [0.2, 0.25) is 0 Å². The molecule has 2 rings (SSSR count). The maximum absolute atomic E-state index is 12.0. The lowest BCUT2D eigenvalue weighted by molar-refractivity contribution is 0.634. The largest absolute Gasteiger partial charge is 0.327 e. The predicted molar refractivity (Wildman–Crippen MR) is 64.2 cm³/mol. The summed E-state index contributed by atoms with van der Waals surface area (Å²) in [7, 11) is 0. The van der Waals surface area contributed by atoms with Crippen molar-refractivity contribution in [3.63, 3.8) is 0 Å². The second kappa shape index (κ2) is 4.28. The van der Waals surface area contributed by atoms with Gasteiger partial charge >= 0.3 is 0 Å². The Morgan fingerprint density at radius 1 is 1.44 bits per heavy atom. The summed E-state index contributed by atoms with van der Waals surface area (Å²) in [5.74, 6) is 0. The van der Waals surface area contributed by atoms with E-state index < -0.39 is 0 Å². The van der Waals surface area contributed by atoms with Crippen LogP contribution < -0.4 is 11.3 Å². The van der Waals surface area contributed by atoms with Crippen LogP contribution in [0.4, 0.5) is 0 Å². The van der Waals surface area contributed by atoms with Gasteiger partial charge in [0.25, 0.3) is 5.56 Å². The smallest absolute Gasteiger partial charge is 0.274 e. The SMILES string of the molecule is C=C(CN)Cn1ncc2ccccc2c1=O. The van der Waals surface area contributed by atoms with Crippen molar-refractivity contribution in [3.8, 4) is 0 Å². The Morgan fingerprint density at radius 3 is 2.94 bits per heavy atom. The van der Waals surface area contributed by atoms with E-state index in [4.69, 9.17) is 5.73 Å². The zero-order chi connectivity index (χ0) is 11.5. The molecule has 0 unspecified atom stereocenters. The van der Waals surface area contributed by atoms with Crippen molar-refractivity contribution in [3.05, 3.63) is 53.0 Å². The Balaban J connectivity index is 2.53. The van der Waals surface area contributed by atoms with Gasteiger partial charge in [-0.1, -0.05) is 24.8 Å². The third-order valence-electron chi connectivity index (χ3n) is 2.42. The number of nitrogens with two attached hydrogens (primary N) is 1. The van der Waals surface area contributed by atoms with Gasteiger partial charge < -0.3 is 5.73 Å². The van der Waals surface area contributed by atoms with Gasteiger partial charge in [-0.05, 0) is 11.6 Å². The molecule has 16 heavy (non-hydrogen) atoms. The third-order valence-corrected chi connectivity index (χ3v) is 2.42. The van der Waals surface area contributed by atoms with Crippen molar-refractivity contribution in [2.24, 2.45) is 5.73 Å². The molecule has 0 radical (unpaired) electrons. The Morgan fingerprint density at radius 2 is 2.19 bits per heavy atom. The fourth-order valence-corrected chi connectivity index (χ4v) is 1.52. The molecule has 4 nitrogen and oxygen atoms in total. The zero-order valence-electron chi connectivity index (χ0n) is 8.89. The number of aromatic nitrogens is 2. The molecule has 82 valence electrons. The van der Waals surface area contributed by atoms with Crippen LogP contribution in [0.15, 0.2) is 47.4 Å². The number of hydrogen-bond acceptors (Lipinski definition) is 3. The lowest BCUT2D eigenvalue weighted by Crippen LogP contribution is -2.24. The van der Waals surface area contributed by atoms with E-state index in [1.54, 1.807) is 12.3 Å². The van der Waals surface area contributed by atoms with Gasteiger partial charge in [0.05, 0.1) is 18.1 Å². The summed E-state index contributed by atoms with van der Waals surface area (Å²) in [6.45, 7) is 4.50. The van der Waals surface area contributed by atoms with Crippen LogP contribution in [0.2, 0.25) is 0 Å². The molecule has 0 aliphatic carbocycles. The predicted octanol–water partition coefficient (Wildman–Crippen LogP) is 0.911. The van der Waals surface area contributed by atoms with E-state index in [0.717, 1.165) is 11.0 Å². The highest BCUT2D eigenvalue weighted by Gasteiger charge is 2.03. The number of rotatable bonds is 3. The first-order valence-electron chi connectivity index (χ1n) is 5.04. The first kappa shape index (κ1) is 10.6. The first-order chi connectivity index (χ1) is 7.72. The van der Waals surface area contributed by atoms with Crippen LogP contribution >= 0.6 is 0 Å². The molecule has 0 spiro atoms. The zero-order valence-corrected chi connectivity index (χ0v) is 8.89. The summed E-state index contributed by atoms with van der Waals surface area (Å²) in [5, 5.41) is 5.60. The molecule has 0 saturated carbocycles. The molecule has 0 saturated heterocycles. The number of benzene rings is 1. The molecule has 0 aliphatic rings. The second-order valence-corrected chi connectivity index (χ2v) is 3.65. The van der Waals surface area contributed by atoms with Crippen LogP contribution in [-0.2, 0) is 6.54 Å². The lowest BCUT2D eigenvalue weighted by atomic mass is 10.2. The third kappa shape index (κ3) is 1.87. The molecule has 0 aliphatic heterocycles. The summed E-state index contributed by atoms with van der Waals surface area (Å²) >= 11 is 0. The Kier molecular flexibility index (Phi) is 2.83. The average Bonchev–Trinajstić information content (AvgIpc) is 2.33. The summed E-state index contributed by atoms with van der Waals surface area (Å²) < 4.78 is 1.39. The number of fused-ring (bicyclic) bond motifs is 1. The van der Waals surface area contributed by atoms with Crippen molar-refractivity contribution in [1.29, 1.82) is 0 Å². The molecule has 4 heteroatoms. The van der Waals surface area contributed by atoms with Crippen LogP contribution in [-0.4, -0.2) is 16.3 Å². The standard InChI is InChI=1S/C12H13N3O/c1-9(6-13)8-15-12(16)11-5-3-2-4-10(11)7-14-15/h2-5,7H,1,6,8,13H2. The van der Waals surface area contributed by atoms with E-state index in [-0.39, 0.29) is 5.56 Å². The lowest BCUT2D eigenvalue weighted by Gasteiger charge is -2.06. The number of nitrogens with zero attached hydrogens (tertiary/aromatic N) is 2. The van der Waals surface area contributed by atoms with Gasteiger partial charge in [-0.15, -0.1) is 0 Å². The van der Waals surface area contributed by atoms with Crippen LogP contribution in [0, 0.1) is 0 Å². The topological polar surface area (TPSA) is 60.9 Å². The van der Waals surface area contributed by atoms with E-state index in [1.807, 2.05) is 18.2 Å². The van der Waals surface area contributed by atoms with E-state index in [1.165, 1.54) is 4.68 Å². The van der Waals surface area contributed by atoms with Crippen molar-refractivity contribution in [1.82, 2.24) is 9.78 Å². The maximum Gasteiger partial charge on any atom is 0.274 e. The molecule has 0 amide bonds. The molecule has 1 heterocycles. The van der Waals surface area contributed by atoms with Gasteiger partial charge in [-0.3, -0.25) is 4.79 Å². The summed E-state index contributed by atoms with van der Waals surface area (Å²) in [6, 6.07) is 7.38. The minimum absolute atomic E-state index is 0.104. The molecule has 1 aromatic carbocycles. The van der Waals surface area contributed by atoms with Crippen molar-refractivity contribution < 1.29 is 0 Å². The normalized spacial score (nSPS) is 10.6. The molecule has 2 aromatic rings. The molecule has 1 aromatic heterocycles. The maximum atomic E-state index is 12.0. The Labute approximate surface area is 93.0 Å². The van der Waals surface area contributed by atoms with Crippen LogP contribution in [0.25, 0.3) is 10.8 Å². The second-order valence-electron chi connectivity index (χ2n) is 3.65. The summed E-state index contributed by atoms with van der Waals surface area (Å²) in [4.78, 5) is 12.0. The van der Waals surface area contributed by atoms with Gasteiger partial charge in [0.1, 0.15) is 0 Å². The van der Waals surface area contributed by atoms with Gasteiger partial charge in [0.15, 0.2) is 0 Å². The minimum atomic E-state index is -0.104. The Hall–Kier alpha value is -1.94. The van der Waals surface area contributed by atoms with E-state index in [9.17, 15) is 4.79 Å². The molecular weight excluding hydrogens is 202 g/mol. The van der Waals surface area contributed by atoms with Gasteiger partial charge in [-0.25, -0.2) is 4.68 Å². The first-order valence-corrected chi connectivity index (χ1v) is 5.04. The molecule has 0 bridgehead atoms. The van der Waals surface area contributed by atoms with E-state index in [0.29, 0.717) is 18.5 Å². The highest BCUT2D eigenvalue weighted by molar-refractivity contribution is 5.80. The minimum Gasteiger partial charge on any atom is -0.327 e. The monoisotopic (exact) mass is 215 g/mol. The van der Waals surface area contributed by atoms with E-state index >= 15 is 0 Å². The highest BCUT2D eigenvalue weighted by atomic mass is 16.1. The fraction of sp³-hybridized carbons (Fsp3) is 0.167. The Bertz CT molecular complexity index is 586. The van der Waals surface area contributed by atoms with Crippen LogP contribution in [0.1, 0.15) is 0 Å². The van der Waals surface area contributed by atoms with E-state index in [2.05, 4.69) is 11.7 Å². The molecule has 0 atom stereocenters. The van der Waals surface area contributed by atoms with Crippen molar-refractivity contribution in [2.45, 2.75) is 6.54 Å². The van der Waals surface area contributed by atoms with Crippen LogP contribution in [0.5, 0.6) is 0 Å². The molecule has 0 fully saturated rings. The summed E-state index contributed by atoms with van der Waals surface area (Å²) in [6.07, 6.45) is 1.68. The van der Waals surface area contributed by atoms with Gasteiger partial charge in [0, 0.05) is 11.9 Å². The average molecular weight is 215 g/mol. The highest BCUT2D eigenvalue weighted by Crippen LogP contribution is 2.06. The van der Waals surface area contributed by atoms with Gasteiger partial charge in [-0.2, -0.15) is 5.10 Å². The van der Waals surface area contributed by atoms with Crippen molar-refractivity contribution >= 4 is 10.8 Å². The summed E-state index contributed by atoms with van der Waals surface area (Å²) in [5.41, 5.74) is 6.12. The van der Waals surface area contributed by atoms with Crippen molar-refractivity contribution in [2.75, 3.05) is 6.54 Å². The fourth-order valence-electron chi connectivity index (χ4n) is 1.52. The molecular formula is C12H13N3O.